The first-order chi connectivity index (χ1) is 13.8. The summed E-state index contributed by atoms with van der Waals surface area (Å²) in [6, 6.07) is 0. The Kier molecular flexibility index (Phi) is 3.67. The molecule has 6 aliphatic rings. The molecule has 5 nitrogen and oxygen atoms in total. The van der Waals surface area contributed by atoms with Gasteiger partial charge < -0.3 is 14.2 Å². The number of hydrogen-bond donors (Lipinski definition) is 0. The topological polar surface area (TPSA) is 68.4 Å². The third-order valence-electron chi connectivity index (χ3n) is 9.81. The highest BCUT2D eigenvalue weighted by atomic mass is 16.6. The van der Waals surface area contributed by atoms with E-state index in [1.165, 1.54) is 18.9 Å². The fourth-order valence-electron chi connectivity index (χ4n) is 8.25. The predicted molar refractivity (Wildman–Crippen MR) is 105 cm³/mol. The molecule has 29 heavy (non-hydrogen) atoms. The van der Waals surface area contributed by atoms with Crippen LogP contribution in [-0.4, -0.2) is 42.3 Å². The summed E-state index contributed by atoms with van der Waals surface area (Å²) in [6.45, 7) is 6.88. The third kappa shape index (κ3) is 2.29. The summed E-state index contributed by atoms with van der Waals surface area (Å²) in [5.74, 6) is 1.92. The molecule has 5 fully saturated rings. The number of hydrogen-bond acceptors (Lipinski definition) is 5. The van der Waals surface area contributed by atoms with Crippen LogP contribution in [-0.2, 0) is 23.8 Å². The lowest BCUT2D eigenvalue weighted by Crippen LogP contribution is -2.55. The minimum Gasteiger partial charge on any atom is -0.462 e. The summed E-state index contributed by atoms with van der Waals surface area (Å²) in [4.78, 5) is 24.5. The number of rotatable bonds is 3. The van der Waals surface area contributed by atoms with Gasteiger partial charge in [0.05, 0.1) is 12.7 Å². The summed E-state index contributed by atoms with van der Waals surface area (Å²) >= 11 is 0. The zero-order valence-corrected chi connectivity index (χ0v) is 17.7. The molecule has 2 heterocycles. The van der Waals surface area contributed by atoms with Crippen molar-refractivity contribution in [3.63, 3.8) is 0 Å². The molecule has 2 saturated heterocycles. The maximum atomic E-state index is 13.1. The van der Waals surface area contributed by atoms with Crippen LogP contribution in [0, 0.1) is 28.6 Å². The van der Waals surface area contributed by atoms with Crippen LogP contribution in [0.15, 0.2) is 11.6 Å². The second-order valence-electron chi connectivity index (χ2n) is 11.0. The summed E-state index contributed by atoms with van der Waals surface area (Å²) in [7, 11) is 0. The van der Waals surface area contributed by atoms with Crippen LogP contribution < -0.4 is 0 Å². The average Bonchev–Trinajstić information content (AvgIpc) is 3.58. The monoisotopic (exact) mass is 400 g/mol. The SMILES string of the molecule is CC(=O)O[C@H]1CC[C@@]2(C)C(=CC[C@@H]3[C@@H]2CC[C@@]2(C)[C@H]3C[C@H]3O[C@]32C(=O)[C@@H]2CO2)C1. The Labute approximate surface area is 172 Å². The van der Waals surface area contributed by atoms with E-state index >= 15 is 0 Å². The van der Waals surface area contributed by atoms with Crippen molar-refractivity contribution in [1.29, 1.82) is 0 Å². The molecule has 158 valence electrons. The van der Waals surface area contributed by atoms with Crippen LogP contribution in [0.25, 0.3) is 0 Å². The molecule has 3 saturated carbocycles. The number of Topliss-reactive ketones (excluding diaryl/α,β-unsaturated/α-hetero) is 1. The molecule has 0 unspecified atom stereocenters. The lowest BCUT2D eigenvalue weighted by molar-refractivity contribution is -0.149. The fourth-order valence-corrected chi connectivity index (χ4v) is 8.25. The van der Waals surface area contributed by atoms with Crippen LogP contribution in [0.3, 0.4) is 0 Å². The van der Waals surface area contributed by atoms with E-state index < -0.39 is 5.60 Å². The van der Waals surface area contributed by atoms with E-state index in [-0.39, 0.29) is 40.9 Å². The Morgan fingerprint density at radius 2 is 1.97 bits per heavy atom. The van der Waals surface area contributed by atoms with Gasteiger partial charge >= 0.3 is 5.97 Å². The first kappa shape index (κ1) is 18.6. The van der Waals surface area contributed by atoms with Gasteiger partial charge in [-0.25, -0.2) is 0 Å². The summed E-state index contributed by atoms with van der Waals surface area (Å²) in [6.07, 6.45) is 9.75. The summed E-state index contributed by atoms with van der Waals surface area (Å²) < 4.78 is 17.0. The van der Waals surface area contributed by atoms with Gasteiger partial charge in [-0.2, -0.15) is 0 Å². The number of carbonyl (C=O) groups excluding carboxylic acids is 2. The molecule has 9 atom stereocenters. The minimum atomic E-state index is -0.554. The van der Waals surface area contributed by atoms with E-state index in [0.717, 1.165) is 38.5 Å². The number of carbonyl (C=O) groups is 2. The minimum absolute atomic E-state index is 0.0431. The van der Waals surface area contributed by atoms with Crippen molar-refractivity contribution in [2.75, 3.05) is 6.61 Å². The molecule has 4 aliphatic carbocycles. The quantitative estimate of drug-likeness (QED) is 0.411. The second kappa shape index (κ2) is 5.73. The van der Waals surface area contributed by atoms with Crippen molar-refractivity contribution >= 4 is 11.8 Å². The van der Waals surface area contributed by atoms with Gasteiger partial charge in [0.25, 0.3) is 0 Å². The number of ketones is 1. The van der Waals surface area contributed by atoms with E-state index in [2.05, 4.69) is 19.9 Å². The van der Waals surface area contributed by atoms with E-state index in [1.807, 2.05) is 0 Å². The molecular formula is C24H32O5. The molecule has 2 aliphatic heterocycles. The van der Waals surface area contributed by atoms with Gasteiger partial charge in [-0.3, -0.25) is 9.59 Å². The van der Waals surface area contributed by atoms with E-state index in [1.54, 1.807) is 0 Å². The van der Waals surface area contributed by atoms with Gasteiger partial charge in [0.2, 0.25) is 0 Å². The fraction of sp³-hybridized carbons (Fsp3) is 0.833. The standard InChI is InChI=1S/C24H32O5/c1-13(25)28-15-6-8-22(2)14(10-15)4-5-16-17(22)7-9-23(3)18(16)11-20-24(23,29-20)21(26)19-12-27-19/h4,15-20H,5-12H2,1-3H3/t15-,16+,17-,18-,19-,20+,22-,23-,24-/m0/s1. The summed E-state index contributed by atoms with van der Waals surface area (Å²) in [5, 5.41) is 0. The average molecular weight is 401 g/mol. The van der Waals surface area contributed by atoms with Crippen molar-refractivity contribution < 1.29 is 23.8 Å². The predicted octanol–water partition coefficient (Wildman–Crippen LogP) is 3.60. The Morgan fingerprint density at radius 3 is 2.69 bits per heavy atom. The molecule has 0 aromatic carbocycles. The van der Waals surface area contributed by atoms with Gasteiger partial charge in [-0.15, -0.1) is 0 Å². The smallest absolute Gasteiger partial charge is 0.302 e. The van der Waals surface area contributed by atoms with E-state index in [4.69, 9.17) is 14.2 Å². The van der Waals surface area contributed by atoms with Crippen LogP contribution in [0.2, 0.25) is 0 Å². The highest BCUT2D eigenvalue weighted by Gasteiger charge is 2.81. The first-order valence-corrected chi connectivity index (χ1v) is 11.5. The van der Waals surface area contributed by atoms with Crippen molar-refractivity contribution in [3.05, 3.63) is 11.6 Å². The molecule has 0 amide bonds. The molecule has 0 bridgehead atoms. The van der Waals surface area contributed by atoms with Gasteiger partial charge in [0.15, 0.2) is 11.4 Å². The molecule has 0 N–H and O–H groups in total. The number of ether oxygens (including phenoxy) is 3. The molecule has 0 aromatic heterocycles. The highest BCUT2D eigenvalue weighted by Crippen LogP contribution is 2.73. The maximum absolute atomic E-state index is 13.1. The Hall–Kier alpha value is -1.20. The van der Waals surface area contributed by atoms with Crippen LogP contribution in [0.4, 0.5) is 0 Å². The highest BCUT2D eigenvalue weighted by molar-refractivity contribution is 5.97. The molecule has 0 aromatic rings. The number of esters is 1. The number of epoxide rings is 2. The van der Waals surface area contributed by atoms with E-state index in [9.17, 15) is 9.59 Å². The maximum Gasteiger partial charge on any atom is 0.302 e. The lowest BCUT2D eigenvalue weighted by atomic mass is 9.47. The molecular weight excluding hydrogens is 368 g/mol. The Balaban J connectivity index is 1.28. The Bertz CT molecular complexity index is 814. The van der Waals surface area contributed by atoms with Crippen molar-refractivity contribution in [2.24, 2.45) is 28.6 Å². The van der Waals surface area contributed by atoms with Crippen LogP contribution in [0.5, 0.6) is 0 Å². The zero-order valence-electron chi connectivity index (χ0n) is 17.7. The van der Waals surface area contributed by atoms with Crippen molar-refractivity contribution in [1.82, 2.24) is 0 Å². The number of fused-ring (bicyclic) bond motifs is 7. The lowest BCUT2D eigenvalue weighted by Gasteiger charge is -2.58. The summed E-state index contributed by atoms with van der Waals surface area (Å²) in [5.41, 5.74) is 1.13. The normalized spacial score (nSPS) is 54.2. The molecule has 6 rings (SSSR count). The number of allylic oxidation sites excluding steroid dienone is 1. The first-order valence-electron chi connectivity index (χ1n) is 11.5. The van der Waals surface area contributed by atoms with Crippen molar-refractivity contribution in [3.8, 4) is 0 Å². The largest absolute Gasteiger partial charge is 0.462 e. The van der Waals surface area contributed by atoms with Gasteiger partial charge in [0, 0.05) is 18.8 Å². The van der Waals surface area contributed by atoms with Crippen LogP contribution >= 0.6 is 0 Å². The van der Waals surface area contributed by atoms with Crippen LogP contribution in [0.1, 0.15) is 65.7 Å². The second-order valence-corrected chi connectivity index (χ2v) is 11.0. The van der Waals surface area contributed by atoms with Gasteiger partial charge in [0.1, 0.15) is 12.2 Å². The Morgan fingerprint density at radius 1 is 1.17 bits per heavy atom. The van der Waals surface area contributed by atoms with Gasteiger partial charge in [-0.1, -0.05) is 25.5 Å². The zero-order chi connectivity index (χ0) is 20.2. The molecule has 5 heteroatoms. The third-order valence-corrected chi connectivity index (χ3v) is 9.81. The van der Waals surface area contributed by atoms with Gasteiger partial charge in [-0.05, 0) is 61.7 Å². The van der Waals surface area contributed by atoms with E-state index in [0.29, 0.717) is 24.4 Å². The van der Waals surface area contributed by atoms with Crippen molar-refractivity contribution in [2.45, 2.75) is 89.6 Å². The molecule has 0 spiro atoms. The molecule has 0 radical (unpaired) electrons.